The highest BCUT2D eigenvalue weighted by Crippen LogP contribution is 2.69. The minimum Gasteiger partial charge on any atom is -0.494 e. The van der Waals surface area contributed by atoms with E-state index < -0.39 is 136 Å². The third kappa shape index (κ3) is 9.94. The van der Waals surface area contributed by atoms with Crippen LogP contribution in [-0.2, 0) is 42.6 Å². The summed E-state index contributed by atoms with van der Waals surface area (Å²) < 4.78 is 54.4. The first kappa shape index (κ1) is 54.3. The van der Waals surface area contributed by atoms with Gasteiger partial charge in [0.25, 0.3) is 0 Å². The normalized spacial score (nSPS) is 52.5. The van der Waals surface area contributed by atoms with Gasteiger partial charge in [0.15, 0.2) is 25.2 Å². The van der Waals surface area contributed by atoms with Crippen LogP contribution in [0.1, 0.15) is 92.4 Å². The lowest BCUT2D eigenvalue weighted by Crippen LogP contribution is -2.66. The summed E-state index contributed by atoms with van der Waals surface area (Å²) in [7, 11) is 0. The molecule has 71 heavy (non-hydrogen) atoms. The highest BCUT2D eigenvalue weighted by atomic mass is 16.8. The minimum absolute atomic E-state index is 0.0702. The van der Waals surface area contributed by atoms with Gasteiger partial charge in [0.05, 0.1) is 44.4 Å². The van der Waals surface area contributed by atoms with Crippen molar-refractivity contribution in [1.82, 2.24) is 0 Å². The molecule has 4 saturated heterocycles. The predicted octanol–water partition coefficient (Wildman–Crippen LogP) is -1.42. The summed E-state index contributed by atoms with van der Waals surface area (Å²) in [6, 6.07) is 0. The van der Waals surface area contributed by atoms with Crippen molar-refractivity contribution in [2.75, 3.05) is 26.4 Å². The first-order valence-corrected chi connectivity index (χ1v) is 25.9. The molecule has 0 radical (unpaired) electrons. The van der Waals surface area contributed by atoms with E-state index in [4.69, 9.17) is 42.6 Å². The maximum atomic E-state index is 12.0. The van der Waals surface area contributed by atoms with Crippen LogP contribution in [0.2, 0.25) is 0 Å². The molecule has 9 rings (SSSR count). The van der Waals surface area contributed by atoms with Gasteiger partial charge < -0.3 is 104 Å². The predicted molar refractivity (Wildman–Crippen MR) is 243 cm³/mol. The largest absolute Gasteiger partial charge is 0.494 e. The van der Waals surface area contributed by atoms with Gasteiger partial charge in [0.2, 0.25) is 0 Å². The molecule has 12 N–H and O–H groups in total. The number of aliphatic hydroxyl groups excluding tert-OH is 12. The highest BCUT2D eigenvalue weighted by molar-refractivity contribution is 5.30. The summed E-state index contributed by atoms with van der Waals surface area (Å²) in [6.45, 7) is 9.27. The number of hydrogen-bond donors (Lipinski definition) is 12. The molecule has 4 aliphatic carbocycles. The summed E-state index contributed by atoms with van der Waals surface area (Å²) in [5, 5.41) is 126. The zero-order chi connectivity index (χ0) is 51.0. The van der Waals surface area contributed by atoms with Crippen molar-refractivity contribution in [3.05, 3.63) is 23.0 Å². The molecule has 0 amide bonds. The fraction of sp³-hybridized carbons (Fsp3) is 0.920. The summed E-state index contributed by atoms with van der Waals surface area (Å²) in [5.74, 6) is 2.81. The molecule has 0 spiro atoms. The topological polar surface area (TPSA) is 326 Å². The minimum atomic E-state index is -1.73. The molecule has 5 aliphatic heterocycles. The van der Waals surface area contributed by atoms with Gasteiger partial charge in [-0.2, -0.15) is 0 Å². The van der Waals surface area contributed by atoms with Gasteiger partial charge in [-0.05, 0) is 105 Å². The van der Waals surface area contributed by atoms with Crippen molar-refractivity contribution < 1.29 is 104 Å². The summed E-state index contributed by atoms with van der Waals surface area (Å²) >= 11 is 0. The van der Waals surface area contributed by atoms with E-state index >= 15 is 0 Å². The SMILES string of the molecule is CC1=C(CC[C@H](C)CO[C@@H]2O[C@H](CO)[C@@H](O)[C@H](O)[C@H]2O)O[C@H]2C[C@H]3[C@@H]4CC=C5C[C@@H](O[C@@H]6O[C@H](CO)[C@@H](O[C@@H]7O[C@@H](C)[C@H](O)[C@@H](O)[C@H]7O)[C@H](O)[C@H]6O[C@@H]6OC[C@@H](O)[C@H](O)[C@H]6O)CC[C@]5(C)[C@H]4CC[C@]3(C)[C@@H]12. The van der Waals surface area contributed by atoms with Crippen LogP contribution in [0.5, 0.6) is 0 Å². The van der Waals surface area contributed by atoms with E-state index in [1.165, 1.54) is 18.1 Å². The lowest BCUT2D eigenvalue weighted by Gasteiger charge is -2.58. The zero-order valence-electron chi connectivity index (χ0n) is 41.3. The van der Waals surface area contributed by atoms with Crippen LogP contribution in [-0.4, -0.2) is 217 Å². The van der Waals surface area contributed by atoms with E-state index in [9.17, 15) is 61.3 Å². The van der Waals surface area contributed by atoms with Crippen molar-refractivity contribution >= 4 is 0 Å². The Bertz CT molecular complexity index is 1890. The quantitative estimate of drug-likeness (QED) is 0.0889. The Morgan fingerprint density at radius 2 is 1.38 bits per heavy atom. The van der Waals surface area contributed by atoms with Crippen molar-refractivity contribution in [3.63, 3.8) is 0 Å². The van der Waals surface area contributed by atoms with E-state index in [1.54, 1.807) is 0 Å². The first-order chi connectivity index (χ1) is 33.7. The Morgan fingerprint density at radius 3 is 2.11 bits per heavy atom. The van der Waals surface area contributed by atoms with Crippen molar-refractivity contribution in [3.8, 4) is 0 Å². The van der Waals surface area contributed by atoms with Crippen LogP contribution in [0.25, 0.3) is 0 Å². The average Bonchev–Trinajstić information content (AvgIpc) is 3.84. The standard InChI is InChI=1S/C50H80O21/c1-20(18-63-45-40(60)38(58)36(56)31(16-51)68-45)6-9-29-21(2)33-30(67-29)15-27-25-8-7-23-14-24(10-12-49(23,4)26(25)11-13-50(27,33)5)66-48-44(71-46-39(59)35(55)28(53)19-64-46)42(62)43(32(17-52)69-48)70-47-41(61)37(57)34(54)22(3)65-47/h7,20,22,24-28,30-48,51-62H,6,8-19H2,1-5H3/t20-,22-,24-,25+,26-,27-,28+,30-,31+,32+,33-,34-,35-,36+,37+,38-,39+,40+,41+,42-,43+,44+,45+,46-,47-,48+,49-,50-/m0/s1. The van der Waals surface area contributed by atoms with E-state index in [-0.39, 0.29) is 36.1 Å². The fourth-order valence-electron chi connectivity index (χ4n) is 14.2. The van der Waals surface area contributed by atoms with Crippen molar-refractivity contribution in [2.24, 2.45) is 40.4 Å². The Kier molecular flexibility index (Phi) is 16.4. The fourth-order valence-corrected chi connectivity index (χ4v) is 14.2. The molecule has 3 saturated carbocycles. The molecule has 28 atom stereocenters. The van der Waals surface area contributed by atoms with Gasteiger partial charge in [-0.15, -0.1) is 0 Å². The molecule has 21 heteroatoms. The van der Waals surface area contributed by atoms with Crippen LogP contribution in [0.15, 0.2) is 23.0 Å². The van der Waals surface area contributed by atoms with Gasteiger partial charge in [0.1, 0.15) is 91.6 Å². The molecule has 9 aliphatic rings. The Labute approximate surface area is 414 Å². The number of allylic oxidation sites excluding steroid dienone is 2. The second-order valence-corrected chi connectivity index (χ2v) is 22.8. The molecule has 21 nitrogen and oxygen atoms in total. The summed E-state index contributed by atoms with van der Waals surface area (Å²) in [6.07, 6.45) is -17.6. The molecule has 0 aromatic rings. The molecule has 7 fully saturated rings. The lowest BCUT2D eigenvalue weighted by atomic mass is 9.47. The van der Waals surface area contributed by atoms with Gasteiger partial charge in [-0.25, -0.2) is 0 Å². The number of rotatable bonds is 14. The second-order valence-electron chi connectivity index (χ2n) is 22.8. The maximum Gasteiger partial charge on any atom is 0.187 e. The van der Waals surface area contributed by atoms with Crippen LogP contribution in [0.4, 0.5) is 0 Å². The molecule has 0 aromatic carbocycles. The number of hydrogen-bond acceptors (Lipinski definition) is 21. The van der Waals surface area contributed by atoms with Crippen LogP contribution >= 0.6 is 0 Å². The number of aliphatic hydroxyl groups is 12. The second kappa shape index (κ2) is 21.5. The average molecular weight is 1020 g/mol. The molecule has 0 bridgehead atoms. The summed E-state index contributed by atoms with van der Waals surface area (Å²) in [4.78, 5) is 0. The van der Waals surface area contributed by atoms with Crippen molar-refractivity contribution in [2.45, 2.75) is 221 Å². The number of fused-ring (bicyclic) bond motifs is 7. The Balaban J connectivity index is 0.843. The van der Waals surface area contributed by atoms with Gasteiger partial charge in [-0.3, -0.25) is 0 Å². The number of ether oxygens (including phenoxy) is 9. The smallest absolute Gasteiger partial charge is 0.187 e. The molecular formula is C50H80O21. The molecule has 0 unspecified atom stereocenters. The lowest BCUT2D eigenvalue weighted by molar-refractivity contribution is -0.384. The Hall–Kier alpha value is -1.52. The van der Waals surface area contributed by atoms with Gasteiger partial charge in [0, 0.05) is 12.3 Å². The van der Waals surface area contributed by atoms with Crippen molar-refractivity contribution in [1.29, 1.82) is 0 Å². The maximum absolute atomic E-state index is 12.0. The van der Waals surface area contributed by atoms with E-state index in [0.717, 1.165) is 50.7 Å². The zero-order valence-corrected chi connectivity index (χ0v) is 41.3. The van der Waals surface area contributed by atoms with Crippen LogP contribution in [0, 0.1) is 40.4 Å². The van der Waals surface area contributed by atoms with Gasteiger partial charge in [-0.1, -0.05) is 32.4 Å². The van der Waals surface area contributed by atoms with E-state index in [1.807, 2.05) is 6.92 Å². The highest BCUT2D eigenvalue weighted by Gasteiger charge is 2.64. The van der Waals surface area contributed by atoms with Crippen LogP contribution < -0.4 is 0 Å². The van der Waals surface area contributed by atoms with Crippen LogP contribution in [0.3, 0.4) is 0 Å². The Morgan fingerprint density at radius 1 is 0.704 bits per heavy atom. The molecule has 406 valence electrons. The molecular weight excluding hydrogens is 937 g/mol. The monoisotopic (exact) mass is 1020 g/mol. The summed E-state index contributed by atoms with van der Waals surface area (Å²) in [5.41, 5.74) is 2.60. The molecule has 5 heterocycles. The van der Waals surface area contributed by atoms with Gasteiger partial charge >= 0.3 is 0 Å². The van der Waals surface area contributed by atoms with E-state index in [0.29, 0.717) is 36.5 Å². The third-order valence-corrected chi connectivity index (χ3v) is 18.5. The van der Waals surface area contributed by atoms with E-state index in [2.05, 4.69) is 26.8 Å². The third-order valence-electron chi connectivity index (χ3n) is 18.5. The first-order valence-electron chi connectivity index (χ1n) is 25.9. The molecule has 0 aromatic heterocycles.